The molecule has 1 N–H and O–H groups in total. The van der Waals surface area contributed by atoms with Crippen LogP contribution in [0, 0.1) is 0 Å². The molecule has 1 unspecified atom stereocenters. The molecule has 116 valence electrons. The monoisotopic (exact) mass is 302 g/mol. The molecule has 0 spiro atoms. The van der Waals surface area contributed by atoms with E-state index >= 15 is 0 Å². The molecule has 0 aliphatic carbocycles. The van der Waals surface area contributed by atoms with Gasteiger partial charge in [-0.25, -0.2) is 4.79 Å². The highest BCUT2D eigenvalue weighted by Crippen LogP contribution is 2.32. The lowest BCUT2D eigenvalue weighted by Gasteiger charge is -2.26. The maximum Gasteiger partial charge on any atom is 0.347 e. The smallest absolute Gasteiger partial charge is 0.347 e. The van der Waals surface area contributed by atoms with Crippen LogP contribution in [0.1, 0.15) is 11.1 Å². The fraction of sp³-hybridized carbons (Fsp3) is 0.235. The average molecular weight is 302 g/mol. The van der Waals surface area contributed by atoms with Gasteiger partial charge in [0.2, 0.25) is 5.60 Å². The Bertz CT molecular complexity index is 626. The topological polar surface area (TPSA) is 65.0 Å². The first-order chi connectivity index (χ1) is 10.6. The van der Waals surface area contributed by atoms with Crippen molar-refractivity contribution < 1.29 is 24.1 Å². The van der Waals surface area contributed by atoms with Gasteiger partial charge in [-0.1, -0.05) is 42.5 Å². The van der Waals surface area contributed by atoms with Gasteiger partial charge in [0.05, 0.1) is 7.11 Å². The van der Waals surface area contributed by atoms with Gasteiger partial charge in [-0.2, -0.15) is 0 Å². The molecule has 0 heterocycles. The first-order valence-electron chi connectivity index (χ1n) is 6.71. The Kier molecular flexibility index (Phi) is 5.14. The quantitative estimate of drug-likeness (QED) is 0.654. The lowest BCUT2D eigenvalue weighted by molar-refractivity contribution is -0.158. The van der Waals surface area contributed by atoms with E-state index in [0.29, 0.717) is 16.9 Å². The minimum atomic E-state index is -1.90. The van der Waals surface area contributed by atoms with Crippen molar-refractivity contribution in [3.05, 3.63) is 65.7 Å². The summed E-state index contributed by atoms with van der Waals surface area (Å²) < 4.78 is 15.0. The van der Waals surface area contributed by atoms with Crippen molar-refractivity contribution in [1.29, 1.82) is 0 Å². The van der Waals surface area contributed by atoms with Gasteiger partial charge >= 0.3 is 5.97 Å². The molecule has 0 saturated carbocycles. The third-order valence-corrected chi connectivity index (χ3v) is 3.27. The number of carbonyl (C=O) groups is 1. The molecule has 0 amide bonds. The second-order valence-corrected chi connectivity index (χ2v) is 4.65. The molecular weight excluding hydrogens is 284 g/mol. The van der Waals surface area contributed by atoms with E-state index in [1.807, 2.05) is 0 Å². The van der Waals surface area contributed by atoms with Gasteiger partial charge in [0.1, 0.15) is 5.75 Å². The molecule has 2 aromatic carbocycles. The predicted octanol–water partition coefficient (Wildman–Crippen LogP) is 2.08. The summed E-state index contributed by atoms with van der Waals surface area (Å²) in [5, 5.41) is 11.0. The van der Waals surface area contributed by atoms with Gasteiger partial charge in [-0.3, -0.25) is 0 Å². The highest BCUT2D eigenvalue weighted by Gasteiger charge is 2.41. The summed E-state index contributed by atoms with van der Waals surface area (Å²) in [5.74, 6) is -0.278. The van der Waals surface area contributed by atoms with Crippen LogP contribution < -0.4 is 4.74 Å². The number of ether oxygens (including phenoxy) is 3. The fourth-order valence-electron chi connectivity index (χ4n) is 2.17. The van der Waals surface area contributed by atoms with Crippen molar-refractivity contribution in [1.82, 2.24) is 0 Å². The Labute approximate surface area is 129 Å². The molecule has 22 heavy (non-hydrogen) atoms. The van der Waals surface area contributed by atoms with Crippen LogP contribution in [0.15, 0.2) is 54.6 Å². The summed E-state index contributed by atoms with van der Waals surface area (Å²) in [7, 11) is 2.75. The van der Waals surface area contributed by atoms with E-state index in [0.717, 1.165) is 0 Å². The van der Waals surface area contributed by atoms with E-state index in [1.54, 1.807) is 54.6 Å². The van der Waals surface area contributed by atoms with Crippen LogP contribution in [0.5, 0.6) is 5.75 Å². The van der Waals surface area contributed by atoms with Gasteiger partial charge in [0.25, 0.3) is 0 Å². The van der Waals surface area contributed by atoms with E-state index < -0.39 is 11.6 Å². The molecule has 5 heteroatoms. The highest BCUT2D eigenvalue weighted by molar-refractivity contribution is 5.85. The van der Waals surface area contributed by atoms with Gasteiger partial charge in [0, 0.05) is 12.7 Å². The van der Waals surface area contributed by atoms with Gasteiger partial charge < -0.3 is 19.3 Å². The van der Waals surface area contributed by atoms with Crippen LogP contribution in [-0.4, -0.2) is 32.1 Å². The number of aliphatic hydroxyl groups is 1. The number of hydrogen-bond donors (Lipinski definition) is 1. The second-order valence-electron chi connectivity index (χ2n) is 4.65. The van der Waals surface area contributed by atoms with Gasteiger partial charge in [-0.05, 0) is 17.7 Å². The number of methoxy groups -OCH3 is 2. The van der Waals surface area contributed by atoms with Gasteiger partial charge in [0.15, 0.2) is 6.79 Å². The maximum atomic E-state index is 12.2. The highest BCUT2D eigenvalue weighted by atomic mass is 16.7. The van der Waals surface area contributed by atoms with E-state index in [1.165, 1.54) is 14.2 Å². The predicted molar refractivity (Wildman–Crippen MR) is 80.4 cm³/mol. The zero-order valence-electron chi connectivity index (χ0n) is 12.5. The molecule has 0 aliphatic rings. The number of carbonyl (C=O) groups excluding carboxylic acids is 1. The van der Waals surface area contributed by atoms with Crippen molar-refractivity contribution in [3.8, 4) is 5.75 Å². The molecule has 2 aromatic rings. The fourth-order valence-corrected chi connectivity index (χ4v) is 2.17. The van der Waals surface area contributed by atoms with E-state index in [2.05, 4.69) is 0 Å². The minimum absolute atomic E-state index is 0.0748. The van der Waals surface area contributed by atoms with E-state index in [9.17, 15) is 9.90 Å². The molecule has 0 saturated heterocycles. The summed E-state index contributed by atoms with van der Waals surface area (Å²) in [6, 6.07) is 15.3. The lowest BCUT2D eigenvalue weighted by atomic mass is 9.86. The van der Waals surface area contributed by atoms with Crippen LogP contribution in [0.4, 0.5) is 0 Å². The average Bonchev–Trinajstić information content (AvgIpc) is 2.59. The van der Waals surface area contributed by atoms with Crippen LogP contribution in [0.25, 0.3) is 0 Å². The molecule has 5 nitrogen and oxygen atoms in total. The summed E-state index contributed by atoms with van der Waals surface area (Å²) in [5.41, 5.74) is -1.12. The summed E-state index contributed by atoms with van der Waals surface area (Å²) >= 11 is 0. The van der Waals surface area contributed by atoms with Crippen molar-refractivity contribution in [2.24, 2.45) is 0 Å². The Morgan fingerprint density at radius 1 is 1.05 bits per heavy atom. The Morgan fingerprint density at radius 2 is 1.73 bits per heavy atom. The van der Waals surface area contributed by atoms with Crippen molar-refractivity contribution in [2.45, 2.75) is 5.60 Å². The molecule has 0 bridgehead atoms. The third kappa shape index (κ3) is 3.10. The first-order valence-corrected chi connectivity index (χ1v) is 6.71. The Morgan fingerprint density at radius 3 is 2.36 bits per heavy atom. The molecule has 0 fully saturated rings. The van der Waals surface area contributed by atoms with Crippen LogP contribution in [0.3, 0.4) is 0 Å². The summed E-state index contributed by atoms with van der Waals surface area (Å²) in [6.45, 7) is 0.0748. The summed E-state index contributed by atoms with van der Waals surface area (Å²) in [6.07, 6.45) is 0. The summed E-state index contributed by atoms with van der Waals surface area (Å²) in [4.78, 5) is 12.2. The van der Waals surface area contributed by atoms with Crippen LogP contribution in [-0.2, 0) is 19.9 Å². The molecular formula is C17H18O5. The molecule has 1 atom stereocenters. The number of hydrogen-bond acceptors (Lipinski definition) is 5. The Balaban J connectivity index is 2.49. The number of esters is 1. The maximum absolute atomic E-state index is 12.2. The van der Waals surface area contributed by atoms with Gasteiger partial charge in [-0.15, -0.1) is 0 Å². The normalized spacial score (nSPS) is 13.2. The SMILES string of the molecule is COCOc1cccc(C(O)(C(=O)OC)c2ccccc2)c1. The molecule has 0 aromatic heterocycles. The van der Waals surface area contributed by atoms with Crippen LogP contribution >= 0.6 is 0 Å². The molecule has 2 rings (SSSR count). The van der Waals surface area contributed by atoms with E-state index in [4.69, 9.17) is 14.2 Å². The molecule has 0 radical (unpaired) electrons. The zero-order valence-corrected chi connectivity index (χ0v) is 12.5. The lowest BCUT2D eigenvalue weighted by Crippen LogP contribution is -2.38. The second kappa shape index (κ2) is 7.06. The first kappa shape index (κ1) is 16.0. The molecule has 0 aliphatic heterocycles. The number of benzene rings is 2. The van der Waals surface area contributed by atoms with Crippen molar-refractivity contribution >= 4 is 5.97 Å². The largest absolute Gasteiger partial charge is 0.468 e. The van der Waals surface area contributed by atoms with Crippen molar-refractivity contribution in [2.75, 3.05) is 21.0 Å². The standard InChI is InChI=1S/C17H18O5/c1-20-12-22-15-10-6-9-14(11-15)17(19,16(18)21-2)13-7-4-3-5-8-13/h3-11,19H,12H2,1-2H3. The zero-order chi connectivity index (χ0) is 16.0. The number of rotatable bonds is 6. The third-order valence-electron chi connectivity index (χ3n) is 3.27. The van der Waals surface area contributed by atoms with E-state index in [-0.39, 0.29) is 6.79 Å². The van der Waals surface area contributed by atoms with Crippen LogP contribution in [0.2, 0.25) is 0 Å². The van der Waals surface area contributed by atoms with Crippen molar-refractivity contribution in [3.63, 3.8) is 0 Å². The Hall–Kier alpha value is -2.37. The minimum Gasteiger partial charge on any atom is -0.468 e.